The van der Waals surface area contributed by atoms with Crippen molar-refractivity contribution in [2.75, 3.05) is 12.0 Å². The van der Waals surface area contributed by atoms with Crippen LogP contribution in [-0.4, -0.2) is 29.6 Å². The number of aryl methyl sites for hydroxylation is 1. The molecule has 0 aliphatic carbocycles. The number of aromatic nitrogens is 3. The molecule has 0 saturated heterocycles. The number of sulfone groups is 1. The molecule has 2 N–H and O–H groups in total. The van der Waals surface area contributed by atoms with Crippen molar-refractivity contribution < 1.29 is 8.42 Å². The minimum Gasteiger partial charge on any atom is -0.383 e. The summed E-state index contributed by atoms with van der Waals surface area (Å²) in [7, 11) is -3.22. The van der Waals surface area contributed by atoms with Gasteiger partial charge in [0.2, 0.25) is 0 Å². The van der Waals surface area contributed by atoms with E-state index >= 15 is 0 Å². The Bertz CT molecular complexity index is 982. The van der Waals surface area contributed by atoms with Gasteiger partial charge in [0.1, 0.15) is 11.6 Å². The normalized spacial score (nSPS) is 11.4. The number of hydrogen-bond acceptors (Lipinski definition) is 6. The van der Waals surface area contributed by atoms with Gasteiger partial charge < -0.3 is 5.73 Å². The number of anilines is 1. The highest BCUT2D eigenvalue weighted by Crippen LogP contribution is 2.29. The van der Waals surface area contributed by atoms with Crippen molar-refractivity contribution >= 4 is 15.7 Å². The van der Waals surface area contributed by atoms with Gasteiger partial charge >= 0.3 is 0 Å². The summed E-state index contributed by atoms with van der Waals surface area (Å²) in [5.41, 5.74) is 9.17. The van der Waals surface area contributed by atoms with Gasteiger partial charge in [-0.15, -0.1) is 0 Å². The third kappa shape index (κ3) is 3.26. The molecular formula is C17H16N4O2S. The van der Waals surface area contributed by atoms with E-state index in [-0.39, 0.29) is 4.90 Å². The highest BCUT2D eigenvalue weighted by molar-refractivity contribution is 7.90. The average molecular weight is 340 g/mol. The highest BCUT2D eigenvalue weighted by atomic mass is 32.2. The first kappa shape index (κ1) is 16.1. The summed E-state index contributed by atoms with van der Waals surface area (Å²) in [5, 5.41) is 0. The van der Waals surface area contributed by atoms with E-state index in [1.54, 1.807) is 42.9 Å². The summed E-state index contributed by atoms with van der Waals surface area (Å²) >= 11 is 0. The van der Waals surface area contributed by atoms with Crippen molar-refractivity contribution in [2.45, 2.75) is 11.8 Å². The second kappa shape index (κ2) is 6.01. The van der Waals surface area contributed by atoms with Crippen LogP contribution in [-0.2, 0) is 9.84 Å². The van der Waals surface area contributed by atoms with E-state index in [4.69, 9.17) is 5.73 Å². The number of nitrogens with zero attached hydrogens (tertiary/aromatic N) is 3. The number of rotatable bonds is 3. The van der Waals surface area contributed by atoms with E-state index in [0.717, 1.165) is 22.3 Å². The van der Waals surface area contributed by atoms with E-state index in [2.05, 4.69) is 15.0 Å². The first-order valence-corrected chi connectivity index (χ1v) is 9.09. The minimum atomic E-state index is -3.22. The van der Waals surface area contributed by atoms with E-state index < -0.39 is 9.84 Å². The van der Waals surface area contributed by atoms with Crippen molar-refractivity contribution in [3.8, 4) is 22.3 Å². The molecule has 2 aromatic heterocycles. The Labute approximate surface area is 140 Å². The maximum absolute atomic E-state index is 11.5. The molecule has 0 atom stereocenters. The Morgan fingerprint density at radius 1 is 0.875 bits per heavy atom. The molecule has 3 aromatic rings. The number of nitrogen functional groups attached to an aromatic ring is 1. The Hall–Kier alpha value is -2.80. The number of nitrogens with two attached hydrogens (primary N) is 1. The van der Waals surface area contributed by atoms with Crippen LogP contribution in [0.5, 0.6) is 0 Å². The van der Waals surface area contributed by atoms with Crippen LogP contribution in [0.3, 0.4) is 0 Å². The van der Waals surface area contributed by atoms with Crippen LogP contribution in [0.4, 0.5) is 5.82 Å². The van der Waals surface area contributed by atoms with Crippen molar-refractivity contribution in [3.05, 3.63) is 54.7 Å². The summed E-state index contributed by atoms with van der Waals surface area (Å²) in [6.07, 6.45) is 6.24. The fourth-order valence-corrected chi connectivity index (χ4v) is 2.92. The lowest BCUT2D eigenvalue weighted by Crippen LogP contribution is -1.98. The van der Waals surface area contributed by atoms with Gasteiger partial charge in [-0.3, -0.25) is 0 Å². The van der Waals surface area contributed by atoms with Crippen LogP contribution < -0.4 is 5.73 Å². The molecule has 0 amide bonds. The van der Waals surface area contributed by atoms with Crippen LogP contribution in [0, 0.1) is 6.92 Å². The molecule has 0 aliphatic rings. The second-order valence-electron chi connectivity index (χ2n) is 5.47. The summed E-state index contributed by atoms with van der Waals surface area (Å²) < 4.78 is 23.1. The molecule has 6 nitrogen and oxygen atoms in total. The van der Waals surface area contributed by atoms with Crippen LogP contribution in [0.15, 0.2) is 53.8 Å². The standard InChI is InChI=1S/C17H16N4O2S/c1-11-19-9-14(10-20-11)16-7-13(8-21-17(16)18)12-3-5-15(6-4-12)24(2,22)23/h3-10H,1-2H3,(H2,18,21). The zero-order valence-corrected chi connectivity index (χ0v) is 14.1. The lowest BCUT2D eigenvalue weighted by Gasteiger charge is -2.09. The quantitative estimate of drug-likeness (QED) is 0.786. The minimum absolute atomic E-state index is 0.279. The Balaban J connectivity index is 2.04. The third-order valence-corrected chi connectivity index (χ3v) is 4.75. The lowest BCUT2D eigenvalue weighted by molar-refractivity contribution is 0.602. The highest BCUT2D eigenvalue weighted by Gasteiger charge is 2.10. The molecule has 2 heterocycles. The molecule has 24 heavy (non-hydrogen) atoms. The molecule has 0 spiro atoms. The fraction of sp³-hybridized carbons (Fsp3) is 0.118. The summed E-state index contributed by atoms with van der Waals surface area (Å²) in [6, 6.07) is 8.55. The molecular weight excluding hydrogens is 324 g/mol. The molecule has 0 saturated carbocycles. The fourth-order valence-electron chi connectivity index (χ4n) is 2.29. The van der Waals surface area contributed by atoms with Gasteiger partial charge in [-0.1, -0.05) is 12.1 Å². The monoisotopic (exact) mass is 340 g/mol. The smallest absolute Gasteiger partial charge is 0.175 e. The molecule has 0 radical (unpaired) electrons. The largest absolute Gasteiger partial charge is 0.383 e. The summed E-state index contributed by atoms with van der Waals surface area (Å²) in [5.74, 6) is 1.07. The Kier molecular flexibility index (Phi) is 4.02. The molecule has 0 fully saturated rings. The first-order chi connectivity index (χ1) is 11.3. The van der Waals surface area contributed by atoms with E-state index in [9.17, 15) is 8.42 Å². The Morgan fingerprint density at radius 2 is 1.46 bits per heavy atom. The lowest BCUT2D eigenvalue weighted by atomic mass is 10.0. The molecule has 3 rings (SSSR count). The summed E-state index contributed by atoms with van der Waals surface area (Å²) in [4.78, 5) is 12.9. The van der Waals surface area contributed by atoms with Crippen molar-refractivity contribution in [1.82, 2.24) is 15.0 Å². The molecule has 0 unspecified atom stereocenters. The molecule has 7 heteroatoms. The predicted octanol–water partition coefficient (Wildman–Crippen LogP) is 2.50. The van der Waals surface area contributed by atoms with Crippen molar-refractivity contribution in [3.63, 3.8) is 0 Å². The first-order valence-electron chi connectivity index (χ1n) is 7.19. The van der Waals surface area contributed by atoms with Crippen LogP contribution >= 0.6 is 0 Å². The average Bonchev–Trinajstić information content (AvgIpc) is 2.56. The van der Waals surface area contributed by atoms with Crippen molar-refractivity contribution in [2.24, 2.45) is 0 Å². The van der Waals surface area contributed by atoms with Gasteiger partial charge in [0.05, 0.1) is 4.90 Å². The molecule has 0 aliphatic heterocycles. The summed E-state index contributed by atoms with van der Waals surface area (Å²) in [6.45, 7) is 1.81. The topological polar surface area (TPSA) is 98.8 Å². The van der Waals surface area contributed by atoms with Gasteiger partial charge in [-0.25, -0.2) is 23.4 Å². The zero-order chi connectivity index (χ0) is 17.3. The third-order valence-electron chi connectivity index (χ3n) is 3.63. The van der Waals surface area contributed by atoms with Gasteiger partial charge in [0.15, 0.2) is 9.84 Å². The van der Waals surface area contributed by atoms with Crippen molar-refractivity contribution in [1.29, 1.82) is 0 Å². The molecule has 1 aromatic carbocycles. The van der Waals surface area contributed by atoms with Gasteiger partial charge in [0, 0.05) is 41.5 Å². The van der Waals surface area contributed by atoms with Crippen LogP contribution in [0.2, 0.25) is 0 Å². The van der Waals surface area contributed by atoms with Gasteiger partial charge in [-0.2, -0.15) is 0 Å². The molecule has 0 bridgehead atoms. The van der Waals surface area contributed by atoms with Gasteiger partial charge in [0.25, 0.3) is 0 Å². The van der Waals surface area contributed by atoms with E-state index in [1.807, 2.05) is 13.0 Å². The van der Waals surface area contributed by atoms with Crippen LogP contribution in [0.1, 0.15) is 5.82 Å². The Morgan fingerprint density at radius 3 is 2.04 bits per heavy atom. The van der Waals surface area contributed by atoms with E-state index in [1.165, 1.54) is 6.26 Å². The second-order valence-corrected chi connectivity index (χ2v) is 7.49. The maximum atomic E-state index is 11.5. The zero-order valence-electron chi connectivity index (χ0n) is 13.3. The van der Waals surface area contributed by atoms with Crippen LogP contribution in [0.25, 0.3) is 22.3 Å². The number of pyridine rings is 1. The predicted molar refractivity (Wildman–Crippen MR) is 93.0 cm³/mol. The van der Waals surface area contributed by atoms with Gasteiger partial charge in [-0.05, 0) is 30.7 Å². The SMILES string of the molecule is Cc1ncc(-c2cc(-c3ccc(S(C)(=O)=O)cc3)cnc2N)cn1. The number of hydrogen-bond donors (Lipinski definition) is 1. The number of benzene rings is 1. The molecule has 122 valence electrons. The van der Waals surface area contributed by atoms with E-state index in [0.29, 0.717) is 11.6 Å². The maximum Gasteiger partial charge on any atom is 0.175 e.